The summed E-state index contributed by atoms with van der Waals surface area (Å²) in [4.78, 5) is 14.3. The molecule has 0 bridgehead atoms. The van der Waals surface area contributed by atoms with Gasteiger partial charge in [-0.15, -0.1) is 0 Å². The number of nitrogens with zero attached hydrogens (tertiary/aromatic N) is 2. The number of hydrogen-bond donors (Lipinski definition) is 3. The normalized spacial score (nSPS) is 10.0. The minimum absolute atomic E-state index is 0. The van der Waals surface area contributed by atoms with E-state index < -0.39 is 17.3 Å². The van der Waals surface area contributed by atoms with Crippen molar-refractivity contribution in [3.05, 3.63) is 74.4 Å². The molecule has 0 fully saturated rings. The number of benzene rings is 2. The van der Waals surface area contributed by atoms with Gasteiger partial charge in [-0.25, -0.2) is 13.6 Å². The molecule has 1 aromatic heterocycles. The standard InChI is InChI=1S/C19H18F2N2O3.C2H6N.CH5N.Y/c1-23(2)9-13-12(6-10-4-3-5-15(22)18(10)21)19(25)26-16-8-11(24)7-14(20)17(13)16;1-3-2;1-2;/h3-5,7-8,24H,6,9,22H2,1-2H3;1-2H3;2H2,1H3;/q;-1;;. The number of halogens is 2. The fourth-order valence-corrected chi connectivity index (χ4v) is 2.97. The Labute approximate surface area is 211 Å². The molecule has 0 aliphatic rings. The fraction of sp³-hybridized carbons (Fsp3) is 0.318. The van der Waals surface area contributed by atoms with Crippen molar-refractivity contribution >= 4 is 16.7 Å². The second-order valence-electron chi connectivity index (χ2n) is 6.83. The average molecular weight is 524 g/mol. The van der Waals surface area contributed by atoms with Crippen LogP contribution in [0.15, 0.2) is 39.5 Å². The predicted molar refractivity (Wildman–Crippen MR) is 120 cm³/mol. The summed E-state index contributed by atoms with van der Waals surface area (Å²) >= 11 is 0. The topological polar surface area (TPSA) is 120 Å². The van der Waals surface area contributed by atoms with Gasteiger partial charge in [0.15, 0.2) is 0 Å². The molecule has 3 rings (SSSR count). The van der Waals surface area contributed by atoms with Crippen LogP contribution < -0.4 is 17.1 Å². The first-order chi connectivity index (χ1) is 14.7. The number of phenolic OH excluding ortho intramolecular Hbond substituents is 1. The maximum absolute atomic E-state index is 14.5. The molecule has 2 aromatic carbocycles. The monoisotopic (exact) mass is 524 g/mol. The summed E-state index contributed by atoms with van der Waals surface area (Å²) in [7, 11) is 8.53. The number of fused-ring (bicyclic) bond motifs is 1. The Morgan fingerprint density at radius 3 is 2.28 bits per heavy atom. The molecular formula is C22H29F2N4O3Y-. The van der Waals surface area contributed by atoms with Crippen molar-refractivity contribution in [2.24, 2.45) is 5.73 Å². The molecule has 173 valence electrons. The molecular weight excluding hydrogens is 495 g/mol. The Bertz CT molecular complexity index is 1080. The average Bonchev–Trinajstić information content (AvgIpc) is 2.69. The van der Waals surface area contributed by atoms with E-state index in [9.17, 15) is 18.7 Å². The van der Waals surface area contributed by atoms with E-state index in [-0.39, 0.29) is 79.2 Å². The van der Waals surface area contributed by atoms with Crippen LogP contribution in [-0.4, -0.2) is 45.2 Å². The van der Waals surface area contributed by atoms with Crippen LogP contribution in [0, 0.1) is 11.6 Å². The van der Waals surface area contributed by atoms with E-state index in [1.165, 1.54) is 25.2 Å². The Hall–Kier alpha value is -1.91. The number of aromatic hydroxyl groups is 1. The second kappa shape index (κ2) is 14.3. The molecule has 7 nitrogen and oxygen atoms in total. The van der Waals surface area contributed by atoms with E-state index in [2.05, 4.69) is 11.1 Å². The fourth-order valence-electron chi connectivity index (χ4n) is 2.97. The van der Waals surface area contributed by atoms with Crippen molar-refractivity contribution in [2.45, 2.75) is 13.0 Å². The van der Waals surface area contributed by atoms with Crippen molar-refractivity contribution in [2.75, 3.05) is 41.0 Å². The third-order valence-corrected chi connectivity index (χ3v) is 4.10. The number of rotatable bonds is 4. The Kier molecular flexibility index (Phi) is 13.4. The first-order valence-electron chi connectivity index (χ1n) is 9.39. The van der Waals surface area contributed by atoms with Gasteiger partial charge in [-0.1, -0.05) is 12.1 Å². The zero-order valence-corrected chi connectivity index (χ0v) is 21.8. The van der Waals surface area contributed by atoms with Crippen molar-refractivity contribution in [3.63, 3.8) is 0 Å². The van der Waals surface area contributed by atoms with Gasteiger partial charge in [-0.3, -0.25) is 0 Å². The predicted octanol–water partition coefficient (Wildman–Crippen LogP) is 3.20. The molecule has 0 unspecified atom stereocenters. The third-order valence-electron chi connectivity index (χ3n) is 4.10. The summed E-state index contributed by atoms with van der Waals surface area (Å²) in [5.74, 6) is -1.67. The van der Waals surface area contributed by atoms with Crippen LogP contribution >= 0.6 is 0 Å². The Morgan fingerprint density at radius 1 is 1.12 bits per heavy atom. The zero-order chi connectivity index (χ0) is 23.7. The summed E-state index contributed by atoms with van der Waals surface area (Å²) in [5.41, 5.74) is 10.1. The largest absolute Gasteiger partial charge is 0.668 e. The SMILES string of the molecule is CN.CN(C)Cc1c(Cc2cccc(N)c2F)c(=O)oc2cc(O)cc(F)c12.C[N-]C.[Y]. The minimum atomic E-state index is -0.713. The second-order valence-corrected chi connectivity index (χ2v) is 6.83. The van der Waals surface area contributed by atoms with Crippen LogP contribution in [-0.2, 0) is 45.7 Å². The van der Waals surface area contributed by atoms with E-state index in [1.54, 1.807) is 39.2 Å². The maximum atomic E-state index is 14.5. The van der Waals surface area contributed by atoms with Crippen LogP contribution in [0.4, 0.5) is 14.5 Å². The summed E-state index contributed by atoms with van der Waals surface area (Å²) in [6.45, 7) is 0.239. The van der Waals surface area contributed by atoms with E-state index >= 15 is 0 Å². The molecule has 0 aliphatic carbocycles. The molecule has 0 saturated heterocycles. The van der Waals surface area contributed by atoms with Crippen LogP contribution in [0.2, 0.25) is 0 Å². The summed E-state index contributed by atoms with van der Waals surface area (Å²) in [6, 6.07) is 6.66. The van der Waals surface area contributed by atoms with Gasteiger partial charge in [0, 0.05) is 63.4 Å². The molecule has 3 aromatic rings. The summed E-state index contributed by atoms with van der Waals surface area (Å²) < 4.78 is 34.0. The summed E-state index contributed by atoms with van der Waals surface area (Å²) in [6.07, 6.45) is -0.0847. The Balaban J connectivity index is 0.00000148. The van der Waals surface area contributed by atoms with Gasteiger partial charge < -0.3 is 31.2 Å². The molecule has 0 aliphatic heterocycles. The van der Waals surface area contributed by atoms with E-state index in [4.69, 9.17) is 10.2 Å². The quantitative estimate of drug-likeness (QED) is 0.356. The number of nitrogens with two attached hydrogens (primary N) is 2. The van der Waals surface area contributed by atoms with Crippen LogP contribution in [0.5, 0.6) is 5.75 Å². The number of nitrogen functional groups attached to an aromatic ring is 1. The van der Waals surface area contributed by atoms with Gasteiger partial charge in [0.2, 0.25) is 0 Å². The molecule has 5 N–H and O–H groups in total. The third kappa shape index (κ3) is 7.60. The van der Waals surface area contributed by atoms with Crippen LogP contribution in [0.1, 0.15) is 16.7 Å². The van der Waals surface area contributed by atoms with Gasteiger partial charge in [-0.05, 0) is 38.3 Å². The van der Waals surface area contributed by atoms with E-state index in [0.717, 1.165) is 6.07 Å². The van der Waals surface area contributed by atoms with Crippen molar-refractivity contribution in [3.8, 4) is 5.75 Å². The molecule has 10 heteroatoms. The minimum Gasteiger partial charge on any atom is -0.668 e. The van der Waals surface area contributed by atoms with Crippen LogP contribution in [0.25, 0.3) is 16.3 Å². The zero-order valence-electron chi connectivity index (χ0n) is 18.9. The first-order valence-corrected chi connectivity index (χ1v) is 9.39. The number of anilines is 1. The first kappa shape index (κ1) is 30.1. The molecule has 32 heavy (non-hydrogen) atoms. The molecule has 1 radical (unpaired) electrons. The smallest absolute Gasteiger partial charge is 0.340 e. The van der Waals surface area contributed by atoms with Crippen molar-refractivity contribution in [1.29, 1.82) is 0 Å². The van der Waals surface area contributed by atoms with Gasteiger partial charge in [0.05, 0.1) is 11.1 Å². The Morgan fingerprint density at radius 2 is 1.72 bits per heavy atom. The maximum Gasteiger partial charge on any atom is 0.340 e. The molecule has 0 atom stereocenters. The van der Waals surface area contributed by atoms with Crippen LogP contribution in [0.3, 0.4) is 0 Å². The van der Waals surface area contributed by atoms with E-state index in [1.807, 2.05) is 0 Å². The molecule has 0 saturated carbocycles. The molecule has 0 amide bonds. The van der Waals surface area contributed by atoms with Gasteiger partial charge in [-0.2, -0.15) is 14.1 Å². The summed E-state index contributed by atoms with van der Waals surface area (Å²) in [5, 5.41) is 13.2. The van der Waals surface area contributed by atoms with Crippen molar-refractivity contribution < 1.29 is 51.0 Å². The van der Waals surface area contributed by atoms with Gasteiger partial charge >= 0.3 is 5.63 Å². The van der Waals surface area contributed by atoms with Gasteiger partial charge in [0.25, 0.3) is 0 Å². The molecule has 0 spiro atoms. The molecule has 1 heterocycles. The number of hydrogen-bond acceptors (Lipinski definition) is 6. The van der Waals surface area contributed by atoms with Crippen molar-refractivity contribution in [1.82, 2.24) is 4.90 Å². The van der Waals surface area contributed by atoms with Gasteiger partial charge in [0.1, 0.15) is 23.0 Å². The number of phenols is 1. The van der Waals surface area contributed by atoms with E-state index in [0.29, 0.717) is 5.56 Å².